The smallest absolute Gasteiger partial charge is 0.388 e. The lowest BCUT2D eigenvalue weighted by Gasteiger charge is -2.50. The lowest BCUT2D eigenvalue weighted by Crippen LogP contribution is -2.65. The largest absolute Gasteiger partial charge is 0.415 e. The normalized spacial score (nSPS) is 18.8. The Kier molecular flexibility index (Phi) is 6.42. The molecule has 0 radical (unpaired) electrons. The second-order valence-corrected chi connectivity index (χ2v) is 9.65. The number of likely N-dealkylation sites (tertiary alicyclic amines) is 1. The molecule has 33 heavy (non-hydrogen) atoms. The number of benzene rings is 1. The molecule has 8 heteroatoms. The van der Waals surface area contributed by atoms with Gasteiger partial charge in [0.25, 0.3) is 0 Å². The summed E-state index contributed by atoms with van der Waals surface area (Å²) in [5, 5.41) is 13.0. The molecular formula is C25H31F2N3O3. The molecule has 2 aromatic rings. The molecule has 1 aromatic heterocycles. The van der Waals surface area contributed by atoms with Crippen molar-refractivity contribution in [3.05, 3.63) is 53.2 Å². The minimum Gasteiger partial charge on any atom is -0.415 e. The molecule has 0 spiro atoms. The van der Waals surface area contributed by atoms with Gasteiger partial charge in [0.1, 0.15) is 5.69 Å². The Bertz CT molecular complexity index is 1020. The number of carbonyl (C=O) groups is 1. The van der Waals surface area contributed by atoms with Crippen LogP contribution in [0.2, 0.25) is 0 Å². The number of hydrogen-bond acceptors (Lipinski definition) is 5. The molecule has 1 aromatic carbocycles. The van der Waals surface area contributed by atoms with E-state index in [0.29, 0.717) is 31.7 Å². The average Bonchev–Trinajstić information content (AvgIpc) is 3.46. The standard InChI is InChI=1S/C25H31F2N3O3/c1-16(2)18-6-4-5-7-19(18)25(14-30(15-25)13-12-24(32)10-11-24)22(31)29-20-9-8-17(3)28-21(20)33-23(26)27/h4-9,16,23,32H,10-15H2,1-3H3,(H,29,31). The molecule has 2 N–H and O–H groups in total. The van der Waals surface area contributed by atoms with Crippen LogP contribution in [0.3, 0.4) is 0 Å². The van der Waals surface area contributed by atoms with E-state index in [1.807, 2.05) is 24.3 Å². The van der Waals surface area contributed by atoms with Crippen LogP contribution in [0.15, 0.2) is 36.4 Å². The van der Waals surface area contributed by atoms with Crippen molar-refractivity contribution in [3.8, 4) is 5.88 Å². The molecule has 1 saturated heterocycles. The summed E-state index contributed by atoms with van der Waals surface area (Å²) in [5.41, 5.74) is 1.27. The van der Waals surface area contributed by atoms with Crippen LogP contribution in [-0.4, -0.2) is 52.7 Å². The quantitative estimate of drug-likeness (QED) is 0.587. The van der Waals surface area contributed by atoms with Gasteiger partial charge in [-0.15, -0.1) is 0 Å². The van der Waals surface area contributed by atoms with Crippen molar-refractivity contribution >= 4 is 11.6 Å². The fraction of sp³-hybridized carbons (Fsp3) is 0.520. The molecule has 1 aliphatic heterocycles. The van der Waals surface area contributed by atoms with Crippen LogP contribution in [0.25, 0.3) is 0 Å². The van der Waals surface area contributed by atoms with Crippen molar-refractivity contribution in [2.75, 3.05) is 25.0 Å². The number of nitrogens with zero attached hydrogens (tertiary/aromatic N) is 2. The average molecular weight is 460 g/mol. The Morgan fingerprint density at radius 3 is 2.55 bits per heavy atom. The Morgan fingerprint density at radius 1 is 1.21 bits per heavy atom. The molecule has 2 heterocycles. The van der Waals surface area contributed by atoms with Gasteiger partial charge in [-0.05, 0) is 55.4 Å². The van der Waals surface area contributed by atoms with E-state index in [-0.39, 0.29) is 23.4 Å². The van der Waals surface area contributed by atoms with Crippen LogP contribution in [0.4, 0.5) is 14.5 Å². The number of aliphatic hydroxyl groups is 1. The summed E-state index contributed by atoms with van der Waals surface area (Å²) in [6.07, 6.45) is 2.34. The van der Waals surface area contributed by atoms with Gasteiger partial charge in [0.05, 0.1) is 11.0 Å². The van der Waals surface area contributed by atoms with E-state index < -0.39 is 17.6 Å². The molecule has 178 valence electrons. The fourth-order valence-corrected chi connectivity index (χ4v) is 4.55. The Hall–Kier alpha value is -2.58. The number of amides is 1. The van der Waals surface area contributed by atoms with E-state index >= 15 is 0 Å². The second-order valence-electron chi connectivity index (χ2n) is 9.65. The van der Waals surface area contributed by atoms with Crippen LogP contribution in [0.1, 0.15) is 55.8 Å². The van der Waals surface area contributed by atoms with Crippen molar-refractivity contribution in [3.63, 3.8) is 0 Å². The van der Waals surface area contributed by atoms with Gasteiger partial charge in [-0.1, -0.05) is 38.1 Å². The number of aromatic nitrogens is 1. The van der Waals surface area contributed by atoms with E-state index in [1.165, 1.54) is 0 Å². The van der Waals surface area contributed by atoms with E-state index in [1.54, 1.807) is 19.1 Å². The number of halogens is 2. The summed E-state index contributed by atoms with van der Waals surface area (Å²) in [7, 11) is 0. The molecule has 0 atom stereocenters. The predicted octanol–water partition coefficient (Wildman–Crippen LogP) is 4.22. The van der Waals surface area contributed by atoms with Crippen molar-refractivity contribution in [1.82, 2.24) is 9.88 Å². The van der Waals surface area contributed by atoms with Gasteiger partial charge < -0.3 is 20.1 Å². The zero-order chi connectivity index (χ0) is 23.8. The number of pyridine rings is 1. The van der Waals surface area contributed by atoms with E-state index in [9.17, 15) is 18.7 Å². The number of aryl methyl sites for hydroxylation is 1. The first-order valence-corrected chi connectivity index (χ1v) is 11.4. The van der Waals surface area contributed by atoms with Gasteiger partial charge in [-0.2, -0.15) is 8.78 Å². The molecule has 6 nitrogen and oxygen atoms in total. The highest BCUT2D eigenvalue weighted by Gasteiger charge is 2.52. The van der Waals surface area contributed by atoms with E-state index in [2.05, 4.69) is 33.8 Å². The number of anilines is 1. The Labute approximate surface area is 193 Å². The molecule has 2 aliphatic rings. The van der Waals surface area contributed by atoms with Gasteiger partial charge in [0, 0.05) is 25.3 Å². The zero-order valence-electron chi connectivity index (χ0n) is 19.3. The summed E-state index contributed by atoms with van der Waals surface area (Å²) < 4.78 is 30.4. The molecule has 0 unspecified atom stereocenters. The first-order valence-electron chi connectivity index (χ1n) is 11.4. The molecule has 1 aliphatic carbocycles. The number of alkyl halides is 2. The highest BCUT2D eigenvalue weighted by Crippen LogP contribution is 2.43. The minimum absolute atomic E-state index is 0.123. The topological polar surface area (TPSA) is 74.7 Å². The number of rotatable bonds is 9. The maximum Gasteiger partial charge on any atom is 0.388 e. The Balaban J connectivity index is 1.62. The third kappa shape index (κ3) is 5.01. The summed E-state index contributed by atoms with van der Waals surface area (Å²) in [4.78, 5) is 19.9. The fourth-order valence-electron chi connectivity index (χ4n) is 4.55. The predicted molar refractivity (Wildman–Crippen MR) is 122 cm³/mol. The number of nitrogens with one attached hydrogen (secondary N) is 1. The SMILES string of the molecule is Cc1ccc(NC(=O)C2(c3ccccc3C(C)C)CN(CCC3(O)CC3)C2)c(OC(F)F)n1. The van der Waals surface area contributed by atoms with Crippen molar-refractivity contribution in [2.45, 2.75) is 63.6 Å². The number of ether oxygens (including phenoxy) is 1. The molecule has 0 bridgehead atoms. The third-order valence-electron chi connectivity index (χ3n) is 6.69. The highest BCUT2D eigenvalue weighted by atomic mass is 19.3. The van der Waals surface area contributed by atoms with Gasteiger partial charge >= 0.3 is 6.61 Å². The maximum absolute atomic E-state index is 13.7. The summed E-state index contributed by atoms with van der Waals surface area (Å²) >= 11 is 0. The monoisotopic (exact) mass is 459 g/mol. The van der Waals surface area contributed by atoms with Crippen LogP contribution >= 0.6 is 0 Å². The van der Waals surface area contributed by atoms with Crippen LogP contribution in [0, 0.1) is 6.92 Å². The second kappa shape index (κ2) is 8.99. The van der Waals surface area contributed by atoms with Crippen LogP contribution in [-0.2, 0) is 10.2 Å². The van der Waals surface area contributed by atoms with E-state index in [4.69, 9.17) is 0 Å². The molecule has 1 amide bonds. The lowest BCUT2D eigenvalue weighted by atomic mass is 9.69. The van der Waals surface area contributed by atoms with Gasteiger partial charge in [0.2, 0.25) is 11.8 Å². The van der Waals surface area contributed by atoms with Crippen molar-refractivity contribution < 1.29 is 23.4 Å². The number of hydrogen-bond donors (Lipinski definition) is 2. The summed E-state index contributed by atoms with van der Waals surface area (Å²) in [6, 6.07) is 11.1. The van der Waals surface area contributed by atoms with Gasteiger partial charge in [-0.25, -0.2) is 4.98 Å². The van der Waals surface area contributed by atoms with Gasteiger partial charge in [0.15, 0.2) is 0 Å². The summed E-state index contributed by atoms with van der Waals surface area (Å²) in [5.74, 6) is -0.356. The summed E-state index contributed by atoms with van der Waals surface area (Å²) in [6.45, 7) is 4.48. The zero-order valence-corrected chi connectivity index (χ0v) is 19.3. The first kappa shape index (κ1) is 23.6. The third-order valence-corrected chi connectivity index (χ3v) is 6.69. The van der Waals surface area contributed by atoms with Crippen LogP contribution in [0.5, 0.6) is 5.88 Å². The lowest BCUT2D eigenvalue weighted by molar-refractivity contribution is -0.128. The highest BCUT2D eigenvalue weighted by molar-refractivity contribution is 6.01. The van der Waals surface area contributed by atoms with Crippen molar-refractivity contribution in [2.24, 2.45) is 0 Å². The first-order chi connectivity index (χ1) is 15.6. The Morgan fingerprint density at radius 2 is 1.91 bits per heavy atom. The molecular weight excluding hydrogens is 428 g/mol. The van der Waals surface area contributed by atoms with Crippen molar-refractivity contribution in [1.29, 1.82) is 0 Å². The number of carbonyl (C=O) groups excluding carboxylic acids is 1. The minimum atomic E-state index is -3.04. The molecule has 1 saturated carbocycles. The molecule has 2 fully saturated rings. The van der Waals surface area contributed by atoms with Crippen LogP contribution < -0.4 is 10.1 Å². The van der Waals surface area contributed by atoms with E-state index in [0.717, 1.165) is 24.0 Å². The molecule has 4 rings (SSSR count). The maximum atomic E-state index is 13.7. The van der Waals surface area contributed by atoms with Gasteiger partial charge in [-0.3, -0.25) is 4.79 Å².